The van der Waals surface area contributed by atoms with Crippen molar-refractivity contribution in [1.29, 1.82) is 0 Å². The third-order valence-corrected chi connectivity index (χ3v) is 5.54. The number of aliphatic hydroxyl groups is 1. The fraction of sp³-hybridized carbons (Fsp3) is 0.565. The van der Waals surface area contributed by atoms with Gasteiger partial charge in [-0.05, 0) is 23.7 Å². The number of aliphatic hydroxyl groups excluding tert-OH is 1. The first-order chi connectivity index (χ1) is 13.5. The van der Waals surface area contributed by atoms with E-state index in [9.17, 15) is 14.7 Å². The molecule has 1 aromatic heterocycles. The van der Waals surface area contributed by atoms with Crippen LogP contribution < -0.4 is 0 Å². The van der Waals surface area contributed by atoms with E-state index in [1.165, 1.54) is 0 Å². The number of carbonyl (C=O) groups excluding carboxylic acids is 2. The molecule has 0 atom stereocenters. The van der Waals surface area contributed by atoms with Gasteiger partial charge in [-0.25, -0.2) is 0 Å². The molecule has 0 saturated carbocycles. The van der Waals surface area contributed by atoms with Crippen LogP contribution in [0.15, 0.2) is 33.5 Å². The number of hydrogen-bond donors (Lipinski definition) is 1. The molecular formula is C23H30N2O4. The Hall–Kier alpha value is -2.50. The summed E-state index contributed by atoms with van der Waals surface area (Å²) in [4.78, 5) is 29.8. The number of Topliss-reactive ketones (excluding diaryl/α,β-unsaturated/α-hetero) is 2. The molecule has 2 aliphatic rings. The molecule has 0 amide bonds. The molecule has 29 heavy (non-hydrogen) atoms. The van der Waals surface area contributed by atoms with Gasteiger partial charge in [-0.2, -0.15) is 0 Å². The van der Waals surface area contributed by atoms with Crippen LogP contribution in [0.1, 0.15) is 75.2 Å². The SMILES string of the molecule is C=CCN=C(CCc1noc2c1C(=O)CC(C)(C)C2)C1=C(O)CC(C)(C)CC1=O. The van der Waals surface area contributed by atoms with Crippen molar-refractivity contribution >= 4 is 17.3 Å². The van der Waals surface area contributed by atoms with Gasteiger partial charge in [0.05, 0.1) is 23.4 Å². The first-order valence-electron chi connectivity index (χ1n) is 10.1. The zero-order chi connectivity index (χ0) is 21.4. The quantitative estimate of drug-likeness (QED) is 0.559. The summed E-state index contributed by atoms with van der Waals surface area (Å²) in [5.74, 6) is 0.689. The maximum atomic E-state index is 12.7. The Morgan fingerprint density at radius 3 is 2.45 bits per heavy atom. The predicted molar refractivity (Wildman–Crippen MR) is 111 cm³/mol. The summed E-state index contributed by atoms with van der Waals surface area (Å²) < 4.78 is 5.47. The average Bonchev–Trinajstić information content (AvgIpc) is 2.96. The maximum Gasteiger partial charge on any atom is 0.168 e. The molecule has 1 aromatic rings. The first kappa shape index (κ1) is 21.2. The number of rotatable bonds is 6. The fourth-order valence-corrected chi connectivity index (χ4v) is 4.30. The Balaban J connectivity index is 1.86. The normalized spacial score (nSPS) is 21.3. The summed E-state index contributed by atoms with van der Waals surface area (Å²) in [5, 5.41) is 14.7. The van der Waals surface area contributed by atoms with Gasteiger partial charge in [-0.3, -0.25) is 14.6 Å². The van der Waals surface area contributed by atoms with Crippen LogP contribution >= 0.6 is 0 Å². The highest BCUT2D eigenvalue weighted by Crippen LogP contribution is 2.38. The molecule has 0 bridgehead atoms. The van der Waals surface area contributed by atoms with E-state index in [1.807, 2.05) is 27.7 Å². The molecule has 6 nitrogen and oxygen atoms in total. The highest BCUT2D eigenvalue weighted by atomic mass is 16.5. The lowest BCUT2D eigenvalue weighted by molar-refractivity contribution is -0.118. The standard InChI is InChI=1S/C23H30N2O4/c1-6-9-24-14(20-16(26)10-22(2,3)11-17(20)27)7-8-15-21-18(28)12-23(4,5)13-19(21)29-25-15/h6,26H,1,7-13H2,2-5H3. The Morgan fingerprint density at radius 2 is 1.79 bits per heavy atom. The van der Waals surface area contributed by atoms with Gasteiger partial charge in [-0.15, -0.1) is 6.58 Å². The summed E-state index contributed by atoms with van der Waals surface area (Å²) >= 11 is 0. The summed E-state index contributed by atoms with van der Waals surface area (Å²) in [5.41, 5.74) is 1.66. The summed E-state index contributed by atoms with van der Waals surface area (Å²) in [6, 6.07) is 0. The maximum absolute atomic E-state index is 12.7. The lowest BCUT2D eigenvalue weighted by Crippen LogP contribution is -2.30. The van der Waals surface area contributed by atoms with Crippen LogP contribution in [0.2, 0.25) is 0 Å². The van der Waals surface area contributed by atoms with Crippen molar-refractivity contribution in [2.24, 2.45) is 15.8 Å². The minimum atomic E-state index is -0.265. The molecule has 0 unspecified atom stereocenters. The van der Waals surface area contributed by atoms with Crippen molar-refractivity contribution in [2.45, 2.75) is 66.2 Å². The van der Waals surface area contributed by atoms with E-state index in [2.05, 4.69) is 16.7 Å². The van der Waals surface area contributed by atoms with E-state index in [0.29, 0.717) is 73.4 Å². The van der Waals surface area contributed by atoms with Crippen LogP contribution in [0.3, 0.4) is 0 Å². The Morgan fingerprint density at radius 1 is 1.14 bits per heavy atom. The zero-order valence-electron chi connectivity index (χ0n) is 17.8. The van der Waals surface area contributed by atoms with Crippen molar-refractivity contribution in [3.8, 4) is 0 Å². The van der Waals surface area contributed by atoms with Gasteiger partial charge in [-0.1, -0.05) is 38.9 Å². The molecule has 1 heterocycles. The summed E-state index contributed by atoms with van der Waals surface area (Å²) in [6.45, 7) is 12.1. The lowest BCUT2D eigenvalue weighted by Gasteiger charge is -2.30. The van der Waals surface area contributed by atoms with Crippen molar-refractivity contribution in [3.05, 3.63) is 41.0 Å². The van der Waals surface area contributed by atoms with E-state index in [1.54, 1.807) is 6.08 Å². The minimum Gasteiger partial charge on any atom is -0.511 e. The number of hydrogen-bond acceptors (Lipinski definition) is 6. The van der Waals surface area contributed by atoms with Crippen LogP contribution in [-0.4, -0.2) is 34.1 Å². The van der Waals surface area contributed by atoms with Gasteiger partial charge in [0.15, 0.2) is 11.6 Å². The second-order valence-corrected chi connectivity index (χ2v) is 9.71. The number of fused-ring (bicyclic) bond motifs is 1. The molecule has 3 rings (SSSR count). The number of allylic oxidation sites excluding steroid dienone is 2. The molecule has 0 spiro atoms. The van der Waals surface area contributed by atoms with Crippen molar-refractivity contribution < 1.29 is 19.2 Å². The Kier molecular flexibility index (Phi) is 5.65. The molecule has 0 aromatic carbocycles. The number of ketones is 2. The predicted octanol–water partition coefficient (Wildman–Crippen LogP) is 4.59. The van der Waals surface area contributed by atoms with Gasteiger partial charge < -0.3 is 9.63 Å². The van der Waals surface area contributed by atoms with Crippen LogP contribution in [0.25, 0.3) is 0 Å². The topological polar surface area (TPSA) is 92.8 Å². The lowest BCUT2D eigenvalue weighted by atomic mass is 9.74. The van der Waals surface area contributed by atoms with Crippen LogP contribution in [0.5, 0.6) is 0 Å². The summed E-state index contributed by atoms with van der Waals surface area (Å²) in [7, 11) is 0. The minimum absolute atomic E-state index is 0.0506. The van der Waals surface area contributed by atoms with E-state index < -0.39 is 0 Å². The zero-order valence-corrected chi connectivity index (χ0v) is 17.8. The smallest absolute Gasteiger partial charge is 0.168 e. The third-order valence-electron chi connectivity index (χ3n) is 5.54. The second-order valence-electron chi connectivity index (χ2n) is 9.71. The number of aromatic nitrogens is 1. The third kappa shape index (κ3) is 4.57. The van der Waals surface area contributed by atoms with Crippen LogP contribution in [-0.2, 0) is 17.6 Å². The summed E-state index contributed by atoms with van der Waals surface area (Å²) in [6.07, 6.45) is 4.42. The molecule has 156 valence electrons. The molecule has 0 saturated heterocycles. The van der Waals surface area contributed by atoms with Gasteiger partial charge in [0.1, 0.15) is 11.5 Å². The first-order valence-corrected chi connectivity index (χ1v) is 10.1. The number of aryl methyl sites for hydroxylation is 1. The van der Waals surface area contributed by atoms with Crippen molar-refractivity contribution in [3.63, 3.8) is 0 Å². The van der Waals surface area contributed by atoms with Crippen LogP contribution in [0, 0.1) is 10.8 Å². The molecule has 0 fully saturated rings. The molecular weight excluding hydrogens is 368 g/mol. The monoisotopic (exact) mass is 398 g/mol. The fourth-order valence-electron chi connectivity index (χ4n) is 4.30. The number of nitrogens with zero attached hydrogens (tertiary/aromatic N) is 2. The average molecular weight is 399 g/mol. The van der Waals surface area contributed by atoms with Gasteiger partial charge in [0.2, 0.25) is 0 Å². The second kappa shape index (κ2) is 7.73. The van der Waals surface area contributed by atoms with Gasteiger partial charge in [0, 0.05) is 31.4 Å². The van der Waals surface area contributed by atoms with Crippen molar-refractivity contribution in [1.82, 2.24) is 5.16 Å². The van der Waals surface area contributed by atoms with E-state index in [4.69, 9.17) is 4.52 Å². The molecule has 0 radical (unpaired) electrons. The molecule has 2 aliphatic carbocycles. The van der Waals surface area contributed by atoms with Crippen molar-refractivity contribution in [2.75, 3.05) is 6.54 Å². The van der Waals surface area contributed by atoms with E-state index in [0.717, 1.165) is 0 Å². The number of carbonyl (C=O) groups is 2. The van der Waals surface area contributed by atoms with E-state index in [-0.39, 0.29) is 28.2 Å². The Labute approximate surface area is 171 Å². The molecule has 1 N–H and O–H groups in total. The number of aliphatic imine (C=N–C) groups is 1. The molecule has 0 aliphatic heterocycles. The highest BCUT2D eigenvalue weighted by Gasteiger charge is 2.37. The largest absolute Gasteiger partial charge is 0.511 e. The molecule has 6 heteroatoms. The highest BCUT2D eigenvalue weighted by molar-refractivity contribution is 6.23. The Bertz CT molecular complexity index is 915. The van der Waals surface area contributed by atoms with Gasteiger partial charge >= 0.3 is 0 Å². The van der Waals surface area contributed by atoms with Gasteiger partial charge in [0.25, 0.3) is 0 Å². The van der Waals surface area contributed by atoms with Crippen LogP contribution in [0.4, 0.5) is 0 Å². The van der Waals surface area contributed by atoms with E-state index >= 15 is 0 Å².